The fourth-order valence-corrected chi connectivity index (χ4v) is 2.43. The maximum Gasteiger partial charge on any atom is 0.251 e. The summed E-state index contributed by atoms with van der Waals surface area (Å²) >= 11 is 1.44. The topological polar surface area (TPSA) is 56.0 Å². The Morgan fingerprint density at radius 2 is 2.26 bits per heavy atom. The predicted octanol–water partition coefficient (Wildman–Crippen LogP) is 3.36. The summed E-state index contributed by atoms with van der Waals surface area (Å²) in [5.74, 6) is -0.414. The van der Waals surface area contributed by atoms with Crippen LogP contribution in [0.15, 0.2) is 41.1 Å². The molecule has 0 aliphatic heterocycles. The second-order valence-corrected chi connectivity index (χ2v) is 4.84. The molecule has 1 heterocycles. The largest absolute Gasteiger partial charge is 0.366 e. The summed E-state index contributed by atoms with van der Waals surface area (Å²) in [6.07, 6.45) is 11.5. The molecule has 1 amide bonds. The highest BCUT2D eigenvalue weighted by Crippen LogP contribution is 2.21. The van der Waals surface area contributed by atoms with Crippen LogP contribution < -0.4 is 5.73 Å². The van der Waals surface area contributed by atoms with Crippen molar-refractivity contribution in [1.82, 2.24) is 4.98 Å². The van der Waals surface area contributed by atoms with E-state index in [0.29, 0.717) is 17.0 Å². The van der Waals surface area contributed by atoms with Gasteiger partial charge in [0.2, 0.25) is 0 Å². The predicted molar refractivity (Wildman–Crippen MR) is 81.4 cm³/mol. The van der Waals surface area contributed by atoms with Crippen LogP contribution in [0.1, 0.15) is 36.2 Å². The molecule has 0 aromatic carbocycles. The van der Waals surface area contributed by atoms with Crippen LogP contribution in [0.25, 0.3) is 0 Å². The number of amides is 1. The van der Waals surface area contributed by atoms with Crippen LogP contribution in [0, 0.1) is 0 Å². The summed E-state index contributed by atoms with van der Waals surface area (Å²) in [5, 5.41) is 0.695. The van der Waals surface area contributed by atoms with Crippen molar-refractivity contribution < 1.29 is 4.79 Å². The van der Waals surface area contributed by atoms with Gasteiger partial charge in [0.25, 0.3) is 5.91 Å². The molecular formula is C15H20N2OS. The molecule has 1 aromatic rings. The quantitative estimate of drug-likeness (QED) is 0.640. The number of hydrogen-bond donors (Lipinski definition) is 1. The Labute approximate surface area is 119 Å². The second kappa shape index (κ2) is 7.79. The van der Waals surface area contributed by atoms with E-state index in [2.05, 4.69) is 30.1 Å². The first-order valence-electron chi connectivity index (χ1n) is 6.27. The lowest BCUT2D eigenvalue weighted by Crippen LogP contribution is -2.15. The average Bonchev–Trinajstić information content (AvgIpc) is 2.42. The van der Waals surface area contributed by atoms with Crippen LogP contribution in [0.2, 0.25) is 0 Å². The van der Waals surface area contributed by atoms with Crippen LogP contribution >= 0.6 is 11.8 Å². The molecule has 2 N–H and O–H groups in total. The van der Waals surface area contributed by atoms with Crippen molar-refractivity contribution in [2.24, 2.45) is 5.73 Å². The van der Waals surface area contributed by atoms with E-state index in [-0.39, 0.29) is 0 Å². The lowest BCUT2D eigenvalue weighted by molar-refractivity contribution is 0.0996. The molecule has 1 rings (SSSR count). The number of primary amides is 1. The van der Waals surface area contributed by atoms with Gasteiger partial charge in [0.15, 0.2) is 0 Å². The van der Waals surface area contributed by atoms with Gasteiger partial charge in [-0.15, -0.1) is 11.8 Å². The molecule has 0 unspecified atom stereocenters. The Morgan fingerprint density at radius 1 is 1.53 bits per heavy atom. The molecule has 0 spiro atoms. The molecular weight excluding hydrogens is 256 g/mol. The molecule has 0 fully saturated rings. The number of carbonyl (C=O) groups excluding carboxylic acids is 1. The zero-order valence-corrected chi connectivity index (χ0v) is 12.5. The number of carbonyl (C=O) groups is 1. The Bertz CT molecular complexity index is 507. The zero-order valence-electron chi connectivity index (χ0n) is 11.6. The summed E-state index contributed by atoms with van der Waals surface area (Å²) in [6.45, 7) is 4.14. The minimum Gasteiger partial charge on any atom is -0.366 e. The van der Waals surface area contributed by atoms with Crippen molar-refractivity contribution in [2.75, 3.05) is 6.26 Å². The first kappa shape index (κ1) is 15.5. The highest BCUT2D eigenvalue weighted by Gasteiger charge is 2.13. The number of pyridine rings is 1. The standard InChI is InChI=1S/C15H20N2OS/c1-4-11(5-2)7-6-8-12-9-10-17-15(19-3)13(12)14(16)18/h4,6-7,9-10H,5,8H2,1-3H3,(H2,16,18). The van der Waals surface area contributed by atoms with Crippen molar-refractivity contribution in [2.45, 2.75) is 31.7 Å². The van der Waals surface area contributed by atoms with E-state index in [1.807, 2.05) is 19.2 Å². The SMILES string of the molecule is CC=C(C=CCc1ccnc(SC)c1C(N)=O)CC. The molecule has 0 saturated carbocycles. The smallest absolute Gasteiger partial charge is 0.251 e. The van der Waals surface area contributed by atoms with Gasteiger partial charge in [0.1, 0.15) is 5.03 Å². The van der Waals surface area contributed by atoms with Gasteiger partial charge >= 0.3 is 0 Å². The Balaban J connectivity index is 2.99. The molecule has 0 aliphatic rings. The monoisotopic (exact) mass is 276 g/mol. The third-order valence-electron chi connectivity index (χ3n) is 2.89. The van der Waals surface area contributed by atoms with E-state index >= 15 is 0 Å². The third-order valence-corrected chi connectivity index (χ3v) is 3.59. The summed E-state index contributed by atoms with van der Waals surface area (Å²) in [4.78, 5) is 15.7. The van der Waals surface area contributed by atoms with Crippen LogP contribution in [0.3, 0.4) is 0 Å². The summed E-state index contributed by atoms with van der Waals surface area (Å²) in [6, 6.07) is 1.85. The molecule has 0 bridgehead atoms. The molecule has 102 valence electrons. The van der Waals surface area contributed by atoms with Gasteiger partial charge in [-0.25, -0.2) is 4.98 Å². The Morgan fingerprint density at radius 3 is 2.79 bits per heavy atom. The molecule has 0 radical (unpaired) electrons. The van der Waals surface area contributed by atoms with E-state index in [4.69, 9.17) is 5.73 Å². The van der Waals surface area contributed by atoms with Crippen LogP contribution in [0.5, 0.6) is 0 Å². The fourth-order valence-electron chi connectivity index (χ4n) is 1.82. The van der Waals surface area contributed by atoms with Crippen molar-refractivity contribution in [3.05, 3.63) is 47.2 Å². The Hall–Kier alpha value is -1.55. The minimum atomic E-state index is -0.414. The van der Waals surface area contributed by atoms with Gasteiger partial charge < -0.3 is 5.73 Å². The van der Waals surface area contributed by atoms with Crippen LogP contribution in [-0.2, 0) is 6.42 Å². The zero-order chi connectivity index (χ0) is 14.3. The number of thioether (sulfide) groups is 1. The van der Waals surface area contributed by atoms with Crippen LogP contribution in [0.4, 0.5) is 0 Å². The van der Waals surface area contributed by atoms with Gasteiger partial charge in [-0.1, -0.05) is 30.7 Å². The van der Waals surface area contributed by atoms with Crippen molar-refractivity contribution in [3.8, 4) is 0 Å². The van der Waals surface area contributed by atoms with E-state index in [1.54, 1.807) is 6.20 Å². The second-order valence-electron chi connectivity index (χ2n) is 4.04. The van der Waals surface area contributed by atoms with Crippen LogP contribution in [-0.4, -0.2) is 17.1 Å². The maximum absolute atomic E-state index is 11.5. The molecule has 0 aliphatic carbocycles. The van der Waals surface area contributed by atoms with Crippen molar-refractivity contribution in [1.29, 1.82) is 0 Å². The van der Waals surface area contributed by atoms with Gasteiger partial charge in [0, 0.05) is 6.20 Å². The number of nitrogens with two attached hydrogens (primary N) is 1. The molecule has 1 aromatic heterocycles. The number of hydrogen-bond acceptors (Lipinski definition) is 3. The van der Waals surface area contributed by atoms with Crippen molar-refractivity contribution in [3.63, 3.8) is 0 Å². The van der Waals surface area contributed by atoms with Gasteiger partial charge in [-0.2, -0.15) is 0 Å². The average molecular weight is 276 g/mol. The number of allylic oxidation sites excluding steroid dienone is 4. The number of rotatable bonds is 6. The lowest BCUT2D eigenvalue weighted by Gasteiger charge is -2.08. The Kier molecular flexibility index (Phi) is 6.36. The molecule has 19 heavy (non-hydrogen) atoms. The van der Waals surface area contributed by atoms with Gasteiger partial charge in [-0.3, -0.25) is 4.79 Å². The van der Waals surface area contributed by atoms with Gasteiger partial charge in [0.05, 0.1) is 5.56 Å². The first-order chi connectivity index (χ1) is 9.13. The number of nitrogens with zero attached hydrogens (tertiary/aromatic N) is 1. The first-order valence-corrected chi connectivity index (χ1v) is 7.49. The number of aromatic nitrogens is 1. The lowest BCUT2D eigenvalue weighted by atomic mass is 10.1. The minimum absolute atomic E-state index is 0.414. The molecule has 3 nitrogen and oxygen atoms in total. The third kappa shape index (κ3) is 4.24. The highest BCUT2D eigenvalue weighted by atomic mass is 32.2. The molecule has 4 heteroatoms. The van der Waals surface area contributed by atoms with Crippen molar-refractivity contribution >= 4 is 17.7 Å². The van der Waals surface area contributed by atoms with E-state index in [1.165, 1.54) is 17.3 Å². The molecule has 0 atom stereocenters. The molecule has 0 saturated heterocycles. The van der Waals surface area contributed by atoms with Gasteiger partial charge in [-0.05, 0) is 37.7 Å². The summed E-state index contributed by atoms with van der Waals surface area (Å²) < 4.78 is 0. The normalized spacial score (nSPS) is 12.1. The van der Waals surface area contributed by atoms with E-state index in [9.17, 15) is 4.79 Å². The summed E-state index contributed by atoms with van der Waals surface area (Å²) in [5.41, 5.74) is 8.19. The summed E-state index contributed by atoms with van der Waals surface area (Å²) in [7, 11) is 0. The van der Waals surface area contributed by atoms with E-state index < -0.39 is 5.91 Å². The fraction of sp³-hybridized carbons (Fsp3) is 0.333. The highest BCUT2D eigenvalue weighted by molar-refractivity contribution is 7.98. The maximum atomic E-state index is 11.5. The van der Waals surface area contributed by atoms with E-state index in [0.717, 1.165) is 12.0 Å².